The van der Waals surface area contributed by atoms with Gasteiger partial charge in [0.05, 0.1) is 22.6 Å². The van der Waals surface area contributed by atoms with Crippen LogP contribution in [-0.2, 0) is 17.5 Å². The molecular formula is C21H23F6N3O. The van der Waals surface area contributed by atoms with Crippen molar-refractivity contribution in [1.29, 1.82) is 0 Å². The molecule has 31 heavy (non-hydrogen) atoms. The number of halogens is 6. The highest BCUT2D eigenvalue weighted by molar-refractivity contribution is 5.97. The number of nitrogens with two attached hydrogens (primary N) is 1. The summed E-state index contributed by atoms with van der Waals surface area (Å²) in [5.74, 6) is -2.21. The third kappa shape index (κ3) is 6.53. The van der Waals surface area contributed by atoms with E-state index in [1.807, 2.05) is 0 Å². The van der Waals surface area contributed by atoms with Gasteiger partial charge in [-0.1, -0.05) is 31.9 Å². The van der Waals surface area contributed by atoms with Gasteiger partial charge in [0.1, 0.15) is 6.17 Å². The van der Waals surface area contributed by atoms with Gasteiger partial charge in [-0.25, -0.2) is 13.2 Å². The van der Waals surface area contributed by atoms with Crippen molar-refractivity contribution in [3.63, 3.8) is 0 Å². The summed E-state index contributed by atoms with van der Waals surface area (Å²) in [4.78, 5) is 11.9. The predicted molar refractivity (Wildman–Crippen MR) is 108 cm³/mol. The Bertz CT molecular complexity index is 886. The summed E-state index contributed by atoms with van der Waals surface area (Å²) in [5, 5.41) is 4.77. The first-order valence-electron chi connectivity index (χ1n) is 9.61. The number of hydrogen-bond acceptors (Lipinski definition) is 3. The summed E-state index contributed by atoms with van der Waals surface area (Å²) < 4.78 is 79.9. The smallest absolute Gasteiger partial charge is 0.395 e. The van der Waals surface area contributed by atoms with Gasteiger partial charge in [-0.2, -0.15) is 13.2 Å². The zero-order valence-electron chi connectivity index (χ0n) is 16.7. The van der Waals surface area contributed by atoms with Crippen LogP contribution >= 0.6 is 0 Å². The first kappa shape index (κ1) is 24.4. The Morgan fingerprint density at radius 3 is 2.26 bits per heavy atom. The first-order chi connectivity index (χ1) is 14.5. The van der Waals surface area contributed by atoms with Crippen molar-refractivity contribution in [2.24, 2.45) is 0 Å². The molecule has 0 aromatic heterocycles. The van der Waals surface area contributed by atoms with E-state index in [2.05, 4.69) is 10.6 Å². The average Bonchev–Trinajstić information content (AvgIpc) is 2.73. The van der Waals surface area contributed by atoms with E-state index in [1.54, 1.807) is 6.92 Å². The fourth-order valence-electron chi connectivity index (χ4n) is 2.76. The van der Waals surface area contributed by atoms with Gasteiger partial charge in [0, 0.05) is 6.54 Å². The molecular weight excluding hydrogens is 424 g/mol. The van der Waals surface area contributed by atoms with Crippen LogP contribution in [0.3, 0.4) is 0 Å². The number of benzene rings is 2. The second-order valence-corrected chi connectivity index (χ2v) is 6.99. The highest BCUT2D eigenvalue weighted by Gasteiger charge is 2.30. The molecule has 2 aromatic carbocycles. The summed E-state index contributed by atoms with van der Waals surface area (Å²) >= 11 is 0. The van der Waals surface area contributed by atoms with Crippen LogP contribution in [0.1, 0.15) is 37.3 Å². The normalized spacial score (nSPS) is 13.5. The van der Waals surface area contributed by atoms with Crippen molar-refractivity contribution in [3.8, 4) is 0 Å². The van der Waals surface area contributed by atoms with Crippen molar-refractivity contribution in [2.45, 2.75) is 51.3 Å². The van der Waals surface area contributed by atoms with Crippen molar-refractivity contribution in [2.75, 3.05) is 16.4 Å². The molecule has 0 aliphatic rings. The molecule has 0 spiro atoms. The largest absolute Gasteiger partial charge is 0.416 e. The van der Waals surface area contributed by atoms with E-state index in [9.17, 15) is 31.1 Å². The van der Waals surface area contributed by atoms with Crippen LogP contribution in [0.25, 0.3) is 0 Å². The third-order valence-corrected chi connectivity index (χ3v) is 4.60. The van der Waals surface area contributed by atoms with Crippen LogP contribution < -0.4 is 16.4 Å². The van der Waals surface area contributed by atoms with E-state index in [-0.39, 0.29) is 24.3 Å². The first-order valence-corrected chi connectivity index (χ1v) is 9.61. The second-order valence-electron chi connectivity index (χ2n) is 6.99. The van der Waals surface area contributed by atoms with Crippen LogP contribution in [0.15, 0.2) is 36.4 Å². The molecule has 10 heteroatoms. The van der Waals surface area contributed by atoms with E-state index in [0.717, 1.165) is 12.1 Å². The van der Waals surface area contributed by atoms with Crippen LogP contribution in [0, 0.1) is 5.82 Å². The molecule has 0 bridgehead atoms. The molecule has 2 rings (SSSR count). The lowest BCUT2D eigenvalue weighted by Crippen LogP contribution is -2.32. The summed E-state index contributed by atoms with van der Waals surface area (Å²) in [6.45, 7) is 1.81. The molecule has 4 N–H and O–H groups in total. The highest BCUT2D eigenvalue weighted by Crippen LogP contribution is 2.31. The maximum Gasteiger partial charge on any atom is 0.416 e. The number of alkyl halides is 5. The van der Waals surface area contributed by atoms with Crippen molar-refractivity contribution >= 4 is 23.0 Å². The summed E-state index contributed by atoms with van der Waals surface area (Å²) in [6.07, 6.45) is -7.88. The molecule has 0 saturated carbocycles. The van der Waals surface area contributed by atoms with Crippen molar-refractivity contribution < 1.29 is 31.1 Å². The number of amides is 1. The van der Waals surface area contributed by atoms with E-state index in [4.69, 9.17) is 5.73 Å². The van der Waals surface area contributed by atoms with Crippen molar-refractivity contribution in [3.05, 3.63) is 53.3 Å². The number of carbonyl (C=O) groups is 1. The fraction of sp³-hybridized carbons (Fsp3) is 0.381. The maximum absolute atomic E-state index is 14.5. The zero-order chi connectivity index (χ0) is 23.2. The Labute approximate surface area is 175 Å². The lowest BCUT2D eigenvalue weighted by atomic mass is 10.1. The fourth-order valence-corrected chi connectivity index (χ4v) is 2.76. The lowest BCUT2D eigenvalue weighted by Gasteiger charge is -2.16. The molecule has 2 aromatic rings. The Morgan fingerprint density at radius 1 is 1.06 bits per heavy atom. The Balaban J connectivity index is 2.02. The molecule has 0 fully saturated rings. The van der Waals surface area contributed by atoms with E-state index >= 15 is 0 Å². The molecule has 4 nitrogen and oxygen atoms in total. The van der Waals surface area contributed by atoms with Gasteiger partial charge in [0.2, 0.25) is 6.17 Å². The SMILES string of the molecule is CCCCC(F)C(F)C(=O)Nc1ccc(NCc2ccc(C(F)(F)F)cc2)c(F)c1N. The average molecular weight is 447 g/mol. The number of carbonyl (C=O) groups excluding carboxylic acids is 1. The van der Waals surface area contributed by atoms with Gasteiger partial charge in [-0.3, -0.25) is 4.79 Å². The molecule has 0 heterocycles. The molecule has 0 radical (unpaired) electrons. The molecule has 1 amide bonds. The van der Waals surface area contributed by atoms with Crippen LogP contribution in [-0.4, -0.2) is 18.3 Å². The number of nitrogen functional groups attached to an aromatic ring is 1. The van der Waals surface area contributed by atoms with Crippen LogP contribution in [0.2, 0.25) is 0 Å². The maximum atomic E-state index is 14.5. The lowest BCUT2D eigenvalue weighted by molar-refractivity contribution is -0.137. The highest BCUT2D eigenvalue weighted by atomic mass is 19.4. The Morgan fingerprint density at radius 2 is 1.68 bits per heavy atom. The van der Waals surface area contributed by atoms with Gasteiger partial charge < -0.3 is 16.4 Å². The molecule has 0 aliphatic carbocycles. The van der Waals surface area contributed by atoms with Crippen LogP contribution in [0.5, 0.6) is 0 Å². The topological polar surface area (TPSA) is 67.2 Å². The third-order valence-electron chi connectivity index (χ3n) is 4.60. The number of nitrogens with one attached hydrogen (secondary N) is 2. The Hall–Kier alpha value is -2.91. The predicted octanol–water partition coefficient (Wildman–Crippen LogP) is 5.84. The zero-order valence-corrected chi connectivity index (χ0v) is 16.7. The second kappa shape index (κ2) is 10.4. The van der Waals surface area contributed by atoms with Crippen LogP contribution in [0.4, 0.5) is 43.4 Å². The van der Waals surface area contributed by atoms with Gasteiger partial charge in [0.15, 0.2) is 5.82 Å². The molecule has 170 valence electrons. The summed E-state index contributed by atoms with van der Waals surface area (Å²) in [7, 11) is 0. The molecule has 2 atom stereocenters. The summed E-state index contributed by atoms with van der Waals surface area (Å²) in [6, 6.07) is 6.76. The molecule has 0 aliphatic heterocycles. The van der Waals surface area contributed by atoms with Gasteiger partial charge in [-0.15, -0.1) is 0 Å². The van der Waals surface area contributed by atoms with E-state index in [1.165, 1.54) is 24.3 Å². The van der Waals surface area contributed by atoms with Gasteiger partial charge in [-0.05, 0) is 36.2 Å². The minimum absolute atomic E-state index is 0.00766. The van der Waals surface area contributed by atoms with Gasteiger partial charge in [0.25, 0.3) is 5.91 Å². The van der Waals surface area contributed by atoms with Gasteiger partial charge >= 0.3 is 6.18 Å². The number of rotatable bonds is 9. The van der Waals surface area contributed by atoms with Crippen molar-refractivity contribution in [1.82, 2.24) is 0 Å². The number of unbranched alkanes of at least 4 members (excludes halogenated alkanes) is 1. The number of hydrogen-bond donors (Lipinski definition) is 3. The number of anilines is 3. The van der Waals surface area contributed by atoms with E-state index in [0.29, 0.717) is 18.4 Å². The van der Waals surface area contributed by atoms with E-state index < -0.39 is 41.5 Å². The molecule has 0 saturated heterocycles. The minimum Gasteiger partial charge on any atom is -0.395 e. The minimum atomic E-state index is -4.45. The summed E-state index contributed by atoms with van der Waals surface area (Å²) in [5.41, 5.74) is 4.54. The monoisotopic (exact) mass is 447 g/mol. The molecule has 2 unspecified atom stereocenters. The quantitative estimate of drug-likeness (QED) is 0.334. The Kier molecular flexibility index (Phi) is 8.18. The standard InChI is InChI=1S/C21H23F6N3O/c1-2-3-4-14(22)17(23)20(31)30-16-10-9-15(18(24)19(16)28)29-11-12-5-7-13(8-6-12)21(25,26)27/h5-10,14,17,29H,2-4,11,28H2,1H3,(H,30,31).